The molecule has 14 heteroatoms. The molecule has 43 heavy (non-hydrogen) atoms. The fraction of sp³-hybridized carbons (Fsp3) is 0.655. The average Bonchev–Trinajstić information content (AvgIpc) is 3.38. The Bertz CT molecular complexity index is 1390. The maximum Gasteiger partial charge on any atom is 0.415 e. The third-order valence-corrected chi connectivity index (χ3v) is 13.5. The molecule has 2 aliphatic rings. The lowest BCUT2D eigenvalue weighted by molar-refractivity contribution is -0.0761. The Morgan fingerprint density at radius 3 is 2.49 bits per heavy atom. The zero-order valence-corrected chi connectivity index (χ0v) is 30.9. The van der Waals surface area contributed by atoms with E-state index < -0.39 is 62.6 Å². The second-order valence-electron chi connectivity index (χ2n) is 15.1. The Labute approximate surface area is 268 Å². The topological polar surface area (TPSA) is 92.8 Å². The Morgan fingerprint density at radius 2 is 1.95 bits per heavy atom. The number of aliphatic imine (C=N–C) groups is 1. The van der Waals surface area contributed by atoms with Crippen molar-refractivity contribution in [2.75, 3.05) is 13.3 Å². The van der Waals surface area contributed by atoms with Crippen molar-refractivity contribution >= 4 is 60.4 Å². The van der Waals surface area contributed by atoms with Crippen LogP contribution in [-0.2, 0) is 16.8 Å². The van der Waals surface area contributed by atoms with Crippen LogP contribution in [0.3, 0.4) is 0 Å². The van der Waals surface area contributed by atoms with Crippen molar-refractivity contribution in [2.24, 2.45) is 16.3 Å². The van der Waals surface area contributed by atoms with Gasteiger partial charge in [-0.1, -0.05) is 93.0 Å². The van der Waals surface area contributed by atoms with Gasteiger partial charge in [-0.15, -0.1) is 5.10 Å². The Hall–Kier alpha value is -1.62. The van der Waals surface area contributed by atoms with Crippen LogP contribution in [0.1, 0.15) is 32.8 Å². The molecule has 1 aliphatic heterocycles. The number of nitrogens with zero attached hydrogens (tertiary/aromatic N) is 5. The highest BCUT2D eigenvalue weighted by atomic mass is 79.9. The molecule has 1 aliphatic carbocycles. The molecule has 0 radical (unpaired) electrons. The number of carboxylic acid groups (broad SMARTS) is 1. The van der Waals surface area contributed by atoms with E-state index in [1.54, 1.807) is 16.8 Å². The quantitative estimate of drug-likeness (QED) is 0.207. The van der Waals surface area contributed by atoms with E-state index in [4.69, 9.17) is 9.73 Å². The van der Waals surface area contributed by atoms with Crippen LogP contribution < -0.4 is 5.32 Å². The maximum atomic E-state index is 15.6. The van der Waals surface area contributed by atoms with E-state index in [1.165, 1.54) is 17.8 Å². The molecule has 0 bridgehead atoms. The van der Waals surface area contributed by atoms with Crippen LogP contribution in [0, 0.1) is 17.2 Å². The third kappa shape index (κ3) is 7.28. The van der Waals surface area contributed by atoms with Gasteiger partial charge in [0.05, 0.1) is 11.9 Å². The van der Waals surface area contributed by atoms with Gasteiger partial charge in [0.1, 0.15) is 32.3 Å². The molecule has 4 rings (SSSR count). The number of hydrogen-bond donors (Lipinski definition) is 1. The summed E-state index contributed by atoms with van der Waals surface area (Å²) in [5.74, 6) is -0.974. The van der Waals surface area contributed by atoms with E-state index in [0.29, 0.717) is 24.0 Å². The summed E-state index contributed by atoms with van der Waals surface area (Å²) >= 11 is 4.72. The first kappa shape index (κ1) is 34.3. The van der Waals surface area contributed by atoms with Crippen LogP contribution in [0.4, 0.5) is 13.6 Å². The Balaban J connectivity index is 1.84. The molecular weight excluding hydrogens is 672 g/mol. The third-order valence-electron chi connectivity index (χ3n) is 8.04. The van der Waals surface area contributed by atoms with E-state index in [-0.39, 0.29) is 10.7 Å². The molecule has 1 aromatic carbocycles. The van der Waals surface area contributed by atoms with Crippen molar-refractivity contribution in [2.45, 2.75) is 95.6 Å². The molecule has 0 saturated heterocycles. The van der Waals surface area contributed by atoms with Crippen LogP contribution in [0.2, 0.25) is 45.3 Å². The highest BCUT2D eigenvalue weighted by molar-refractivity contribution is 9.10. The summed E-state index contributed by atoms with van der Waals surface area (Å²) in [5.41, 5.74) is -2.15. The highest BCUT2D eigenvalue weighted by Gasteiger charge is 2.69. The number of aromatic nitrogens is 3. The first-order chi connectivity index (χ1) is 19.7. The van der Waals surface area contributed by atoms with Gasteiger partial charge in [-0.3, -0.25) is 4.68 Å². The molecule has 8 nitrogen and oxygen atoms in total. The van der Waals surface area contributed by atoms with Crippen molar-refractivity contribution in [1.29, 1.82) is 0 Å². The molecule has 2 aromatic rings. The second kappa shape index (κ2) is 12.0. The molecular formula is C29H44BrF2N5O3SSi2. The lowest BCUT2D eigenvalue weighted by atomic mass is 9.85. The molecule has 1 fully saturated rings. The molecule has 2 heterocycles. The van der Waals surface area contributed by atoms with Crippen LogP contribution in [0.5, 0.6) is 0 Å². The highest BCUT2D eigenvalue weighted by Crippen LogP contribution is 2.67. The fourth-order valence-electron chi connectivity index (χ4n) is 5.50. The number of hydrogen-bond acceptors (Lipinski definition) is 6. The standard InChI is InChI=1S/C29H44BrF2N5O3SSi2/c1-27(2,3)24(40-12-13-42(4,5)6)37(26(38)39)25-33-29(17-31,20-14-19(30)10-11-21(20)32)22-15-28(22,41-25)18-36-16-23(34-35-36)43(7,8)9/h10-11,14,16,22,24H,12-13,15,17-18H2,1-9H3,(H,38,39)/t22-,24?,28-,29+/m0/s1. The van der Waals surface area contributed by atoms with E-state index >= 15 is 8.78 Å². The fourth-order valence-corrected chi connectivity index (χ4v) is 9.10. The largest absolute Gasteiger partial charge is 0.465 e. The number of halogens is 3. The number of alkyl halides is 1. The van der Waals surface area contributed by atoms with Crippen molar-refractivity contribution in [3.63, 3.8) is 0 Å². The first-order valence-electron chi connectivity index (χ1n) is 14.6. The molecule has 1 saturated carbocycles. The number of amidine groups is 1. The number of ether oxygens (including phenoxy) is 1. The summed E-state index contributed by atoms with van der Waals surface area (Å²) < 4.78 is 39.1. The molecule has 238 valence electrons. The number of rotatable bonds is 10. The van der Waals surface area contributed by atoms with Gasteiger partial charge in [0, 0.05) is 47.0 Å². The molecule has 1 N–H and O–H groups in total. The van der Waals surface area contributed by atoms with Crippen LogP contribution in [-0.4, -0.2) is 76.7 Å². The second-order valence-corrected chi connectivity index (χ2v) is 28.0. The normalized spacial score (nSPS) is 24.7. The minimum absolute atomic E-state index is 0.104. The number of carbonyl (C=O) groups is 1. The van der Waals surface area contributed by atoms with Crippen molar-refractivity contribution < 1.29 is 23.4 Å². The summed E-state index contributed by atoms with van der Waals surface area (Å²) in [5, 5.41) is 20.5. The summed E-state index contributed by atoms with van der Waals surface area (Å²) in [7, 11) is -3.21. The zero-order chi connectivity index (χ0) is 32.2. The Morgan fingerprint density at radius 1 is 1.28 bits per heavy atom. The van der Waals surface area contributed by atoms with Crippen molar-refractivity contribution in [3.8, 4) is 0 Å². The SMILES string of the molecule is CC(C)(C)C(OCC[Si](C)(C)C)N(C(=O)O)C1=N[C@](CF)(c2cc(Br)ccc2F)[C@H]2C[C@@]2(Cn2cc([Si](C)(C)C)nn2)S1. The lowest BCUT2D eigenvalue weighted by Crippen LogP contribution is -2.54. The van der Waals surface area contributed by atoms with E-state index in [9.17, 15) is 9.90 Å². The van der Waals surface area contributed by atoms with Gasteiger partial charge in [0.25, 0.3) is 0 Å². The smallest absolute Gasteiger partial charge is 0.415 e. The van der Waals surface area contributed by atoms with Gasteiger partial charge < -0.3 is 9.84 Å². The molecule has 1 unspecified atom stereocenters. The monoisotopic (exact) mass is 715 g/mol. The summed E-state index contributed by atoms with van der Waals surface area (Å²) in [6.07, 6.45) is 0.297. The average molecular weight is 717 g/mol. The van der Waals surface area contributed by atoms with Gasteiger partial charge in [-0.25, -0.2) is 23.5 Å². The van der Waals surface area contributed by atoms with Gasteiger partial charge in [-0.05, 0) is 30.7 Å². The van der Waals surface area contributed by atoms with Gasteiger partial charge in [0.2, 0.25) is 0 Å². The van der Waals surface area contributed by atoms with E-state index in [0.717, 1.165) is 16.3 Å². The number of thioether (sulfide) groups is 1. The van der Waals surface area contributed by atoms with Crippen LogP contribution in [0.15, 0.2) is 33.9 Å². The van der Waals surface area contributed by atoms with Gasteiger partial charge >= 0.3 is 6.09 Å². The van der Waals surface area contributed by atoms with E-state index in [1.807, 2.05) is 27.0 Å². The summed E-state index contributed by atoms with van der Waals surface area (Å²) in [6, 6.07) is 5.26. The Kier molecular flexibility index (Phi) is 9.53. The van der Waals surface area contributed by atoms with Crippen molar-refractivity contribution in [3.05, 3.63) is 40.2 Å². The number of amides is 1. The van der Waals surface area contributed by atoms with E-state index in [2.05, 4.69) is 65.5 Å². The maximum absolute atomic E-state index is 15.6. The summed E-state index contributed by atoms with van der Waals surface area (Å²) in [4.78, 5) is 19.1. The molecule has 0 spiro atoms. The van der Waals surface area contributed by atoms with Crippen LogP contribution >= 0.6 is 27.7 Å². The van der Waals surface area contributed by atoms with Crippen LogP contribution in [0.25, 0.3) is 0 Å². The predicted octanol–water partition coefficient (Wildman–Crippen LogP) is 7.16. The summed E-state index contributed by atoms with van der Waals surface area (Å²) in [6.45, 7) is 18.7. The first-order valence-corrected chi connectivity index (χ1v) is 23.4. The molecule has 1 aromatic heterocycles. The molecule has 1 amide bonds. The lowest BCUT2D eigenvalue weighted by Gasteiger charge is -2.43. The van der Waals surface area contributed by atoms with Crippen molar-refractivity contribution in [1.82, 2.24) is 19.9 Å². The van der Waals surface area contributed by atoms with Gasteiger partial charge in [0.15, 0.2) is 5.17 Å². The minimum Gasteiger partial charge on any atom is -0.465 e. The van der Waals surface area contributed by atoms with Gasteiger partial charge in [-0.2, -0.15) is 0 Å². The minimum atomic E-state index is -1.74. The molecule has 4 atom stereocenters. The number of benzene rings is 1. The predicted molar refractivity (Wildman–Crippen MR) is 178 cm³/mol. The zero-order valence-electron chi connectivity index (χ0n) is 26.5. The number of fused-ring (bicyclic) bond motifs is 1.